The van der Waals surface area contributed by atoms with Gasteiger partial charge in [-0.2, -0.15) is 0 Å². The van der Waals surface area contributed by atoms with E-state index in [0.717, 1.165) is 16.7 Å². The summed E-state index contributed by atoms with van der Waals surface area (Å²) in [6.07, 6.45) is 0. The Bertz CT molecular complexity index is 556. The van der Waals surface area contributed by atoms with Gasteiger partial charge in [0.2, 0.25) is 0 Å². The third kappa shape index (κ3) is 2.56. The van der Waals surface area contributed by atoms with Gasteiger partial charge in [-0.3, -0.25) is 4.79 Å². The van der Waals surface area contributed by atoms with Crippen molar-refractivity contribution in [3.05, 3.63) is 69.7 Å². The van der Waals surface area contributed by atoms with E-state index in [1.165, 1.54) is 0 Å². The molecule has 0 bridgehead atoms. The predicted octanol–water partition coefficient (Wildman–Crippen LogP) is 4.19. The zero-order chi connectivity index (χ0) is 12.4. The fourth-order valence-corrected chi connectivity index (χ4v) is 1.86. The molecule has 0 aliphatic carbocycles. The summed E-state index contributed by atoms with van der Waals surface area (Å²) in [6.45, 7) is 3.93. The fourth-order valence-electron chi connectivity index (χ4n) is 1.74. The van der Waals surface area contributed by atoms with E-state index in [1.54, 1.807) is 24.3 Å². The molecule has 0 fully saturated rings. The van der Waals surface area contributed by atoms with Gasteiger partial charge in [0, 0.05) is 16.1 Å². The lowest BCUT2D eigenvalue weighted by molar-refractivity contribution is 0.103. The minimum absolute atomic E-state index is 0.0443. The molecule has 0 spiro atoms. The van der Waals surface area contributed by atoms with Crippen LogP contribution in [0.15, 0.2) is 42.5 Å². The number of benzene rings is 2. The minimum atomic E-state index is 0.0443. The molecule has 0 saturated carbocycles. The minimum Gasteiger partial charge on any atom is -0.289 e. The van der Waals surface area contributed by atoms with Crippen molar-refractivity contribution >= 4 is 17.4 Å². The lowest BCUT2D eigenvalue weighted by atomic mass is 9.97. The molecule has 0 aliphatic rings. The van der Waals surface area contributed by atoms with Crippen LogP contribution in [0.3, 0.4) is 0 Å². The summed E-state index contributed by atoms with van der Waals surface area (Å²) in [6, 6.07) is 12.9. The predicted molar refractivity (Wildman–Crippen MR) is 70.8 cm³/mol. The van der Waals surface area contributed by atoms with Crippen molar-refractivity contribution in [2.24, 2.45) is 0 Å². The number of rotatable bonds is 2. The van der Waals surface area contributed by atoms with Crippen LogP contribution in [0.1, 0.15) is 27.0 Å². The van der Waals surface area contributed by atoms with Crippen LogP contribution in [0.5, 0.6) is 0 Å². The van der Waals surface area contributed by atoms with Gasteiger partial charge in [0.1, 0.15) is 0 Å². The summed E-state index contributed by atoms with van der Waals surface area (Å²) in [4.78, 5) is 12.3. The van der Waals surface area contributed by atoms with Crippen molar-refractivity contribution in [3.63, 3.8) is 0 Å². The first-order valence-electron chi connectivity index (χ1n) is 5.45. The maximum Gasteiger partial charge on any atom is 0.193 e. The van der Waals surface area contributed by atoms with Crippen LogP contribution >= 0.6 is 11.6 Å². The Kier molecular flexibility index (Phi) is 3.30. The first kappa shape index (κ1) is 11.9. The molecule has 0 aromatic heterocycles. The fraction of sp³-hybridized carbons (Fsp3) is 0.133. The highest BCUT2D eigenvalue weighted by Crippen LogP contribution is 2.17. The molecule has 0 heterocycles. The van der Waals surface area contributed by atoms with Crippen molar-refractivity contribution in [2.45, 2.75) is 13.8 Å². The molecular formula is C15H13ClO. The quantitative estimate of drug-likeness (QED) is 0.724. The third-order valence-electron chi connectivity index (χ3n) is 2.74. The van der Waals surface area contributed by atoms with Crippen LogP contribution in [0, 0.1) is 13.8 Å². The highest BCUT2D eigenvalue weighted by Gasteiger charge is 2.11. The van der Waals surface area contributed by atoms with E-state index in [0.29, 0.717) is 10.6 Å². The smallest absolute Gasteiger partial charge is 0.193 e. The largest absolute Gasteiger partial charge is 0.289 e. The second kappa shape index (κ2) is 4.72. The normalized spacial score (nSPS) is 10.3. The van der Waals surface area contributed by atoms with E-state index >= 15 is 0 Å². The Morgan fingerprint density at radius 3 is 2.29 bits per heavy atom. The van der Waals surface area contributed by atoms with Crippen molar-refractivity contribution in [3.8, 4) is 0 Å². The SMILES string of the molecule is Cc1ccc(C)c(C(=O)c2ccc(Cl)cc2)c1. The van der Waals surface area contributed by atoms with Gasteiger partial charge in [0.15, 0.2) is 5.78 Å². The van der Waals surface area contributed by atoms with Crippen molar-refractivity contribution in [1.29, 1.82) is 0 Å². The first-order valence-corrected chi connectivity index (χ1v) is 5.83. The second-order valence-corrected chi connectivity index (χ2v) is 4.59. The van der Waals surface area contributed by atoms with E-state index < -0.39 is 0 Å². The lowest BCUT2D eigenvalue weighted by Gasteiger charge is -2.06. The molecule has 2 aromatic carbocycles. The van der Waals surface area contributed by atoms with Crippen molar-refractivity contribution in [1.82, 2.24) is 0 Å². The molecule has 0 radical (unpaired) electrons. The summed E-state index contributed by atoms with van der Waals surface area (Å²) in [5.41, 5.74) is 3.51. The van der Waals surface area contributed by atoms with Crippen LogP contribution in [0.4, 0.5) is 0 Å². The first-order chi connectivity index (χ1) is 8.08. The highest BCUT2D eigenvalue weighted by atomic mass is 35.5. The second-order valence-electron chi connectivity index (χ2n) is 4.15. The molecule has 0 N–H and O–H groups in total. The van der Waals surface area contributed by atoms with Crippen molar-refractivity contribution < 1.29 is 4.79 Å². The molecule has 0 saturated heterocycles. The summed E-state index contributed by atoms with van der Waals surface area (Å²) in [7, 11) is 0. The Balaban J connectivity index is 2.43. The molecule has 0 atom stereocenters. The van der Waals surface area contributed by atoms with Gasteiger partial charge in [-0.15, -0.1) is 0 Å². The number of ketones is 1. The molecule has 1 nitrogen and oxygen atoms in total. The molecule has 0 unspecified atom stereocenters. The molecule has 2 aromatic rings. The molecule has 2 rings (SSSR count). The number of hydrogen-bond donors (Lipinski definition) is 0. The molecule has 86 valence electrons. The number of hydrogen-bond acceptors (Lipinski definition) is 1. The van der Waals surface area contributed by atoms with E-state index in [4.69, 9.17) is 11.6 Å². The monoisotopic (exact) mass is 244 g/mol. The van der Waals surface area contributed by atoms with Gasteiger partial charge in [-0.25, -0.2) is 0 Å². The molecular weight excluding hydrogens is 232 g/mol. The van der Waals surface area contributed by atoms with Crippen LogP contribution in [0.2, 0.25) is 5.02 Å². The van der Waals surface area contributed by atoms with E-state index in [1.807, 2.05) is 32.0 Å². The summed E-state index contributed by atoms with van der Waals surface area (Å²) < 4.78 is 0. The zero-order valence-corrected chi connectivity index (χ0v) is 10.6. The van der Waals surface area contributed by atoms with E-state index in [9.17, 15) is 4.79 Å². The highest BCUT2D eigenvalue weighted by molar-refractivity contribution is 6.30. The Morgan fingerprint density at radius 1 is 1.00 bits per heavy atom. The summed E-state index contributed by atoms with van der Waals surface area (Å²) in [5, 5.41) is 0.641. The van der Waals surface area contributed by atoms with E-state index in [-0.39, 0.29) is 5.78 Å². The summed E-state index contributed by atoms with van der Waals surface area (Å²) >= 11 is 5.81. The van der Waals surface area contributed by atoms with Gasteiger partial charge < -0.3 is 0 Å². The van der Waals surface area contributed by atoms with Gasteiger partial charge in [-0.05, 0) is 49.7 Å². The average Bonchev–Trinajstić information content (AvgIpc) is 2.32. The van der Waals surface area contributed by atoms with Crippen LogP contribution in [0.25, 0.3) is 0 Å². The van der Waals surface area contributed by atoms with Gasteiger partial charge in [0.05, 0.1) is 0 Å². The Hall–Kier alpha value is -1.60. The molecule has 0 aliphatic heterocycles. The topological polar surface area (TPSA) is 17.1 Å². The number of carbonyl (C=O) groups is 1. The number of halogens is 1. The Labute approximate surface area is 106 Å². The maximum atomic E-state index is 12.3. The number of carbonyl (C=O) groups excluding carboxylic acids is 1. The maximum absolute atomic E-state index is 12.3. The number of aryl methyl sites for hydroxylation is 2. The van der Waals surface area contributed by atoms with Crippen LogP contribution in [-0.2, 0) is 0 Å². The zero-order valence-electron chi connectivity index (χ0n) is 9.83. The molecule has 2 heteroatoms. The summed E-state index contributed by atoms with van der Waals surface area (Å²) in [5.74, 6) is 0.0443. The third-order valence-corrected chi connectivity index (χ3v) is 3.00. The van der Waals surface area contributed by atoms with Gasteiger partial charge in [0.25, 0.3) is 0 Å². The average molecular weight is 245 g/mol. The molecule has 0 amide bonds. The Morgan fingerprint density at radius 2 is 1.65 bits per heavy atom. The lowest BCUT2D eigenvalue weighted by Crippen LogP contribution is -2.03. The standard InChI is InChI=1S/C15H13ClO/c1-10-3-4-11(2)14(9-10)15(17)12-5-7-13(16)8-6-12/h3-9H,1-2H3. The van der Waals surface area contributed by atoms with E-state index in [2.05, 4.69) is 0 Å². The van der Waals surface area contributed by atoms with Gasteiger partial charge >= 0.3 is 0 Å². The van der Waals surface area contributed by atoms with Crippen LogP contribution in [-0.4, -0.2) is 5.78 Å². The van der Waals surface area contributed by atoms with Crippen LogP contribution < -0.4 is 0 Å². The molecule has 17 heavy (non-hydrogen) atoms. The van der Waals surface area contributed by atoms with Crippen molar-refractivity contribution in [2.75, 3.05) is 0 Å². The van der Waals surface area contributed by atoms with Gasteiger partial charge in [-0.1, -0.05) is 29.3 Å².